The summed E-state index contributed by atoms with van der Waals surface area (Å²) in [5, 5.41) is 6.03. The van der Waals surface area contributed by atoms with E-state index in [2.05, 4.69) is 22.5 Å². The molecule has 1 fully saturated rings. The number of methoxy groups -OCH3 is 1. The summed E-state index contributed by atoms with van der Waals surface area (Å²) in [6, 6.07) is 7.59. The Labute approximate surface area is 185 Å². The second kappa shape index (κ2) is 13.7. The third kappa shape index (κ3) is 7.92. The van der Waals surface area contributed by atoms with Crippen LogP contribution >= 0.6 is 24.0 Å². The molecule has 2 rings (SSSR count). The zero-order chi connectivity index (χ0) is 19.5. The van der Waals surface area contributed by atoms with Crippen molar-refractivity contribution in [1.82, 2.24) is 15.5 Å². The second-order valence-corrected chi connectivity index (χ2v) is 6.62. The Morgan fingerprint density at radius 1 is 1.36 bits per heavy atom. The summed E-state index contributed by atoms with van der Waals surface area (Å²) in [6.07, 6.45) is 1.10. The summed E-state index contributed by atoms with van der Waals surface area (Å²) in [5.41, 5.74) is 1.68. The number of guanidine groups is 1. The van der Waals surface area contributed by atoms with Crippen molar-refractivity contribution in [3.63, 3.8) is 0 Å². The van der Waals surface area contributed by atoms with Crippen molar-refractivity contribution in [1.29, 1.82) is 0 Å². The first-order valence-corrected chi connectivity index (χ1v) is 9.58. The van der Waals surface area contributed by atoms with Gasteiger partial charge in [0.25, 0.3) is 5.91 Å². The fourth-order valence-corrected chi connectivity index (χ4v) is 3.10. The van der Waals surface area contributed by atoms with E-state index in [1.54, 1.807) is 14.2 Å². The van der Waals surface area contributed by atoms with Gasteiger partial charge in [-0.2, -0.15) is 0 Å². The molecule has 1 amide bonds. The molecule has 8 heteroatoms. The number of likely N-dealkylation sites (tertiary alicyclic amines) is 1. The van der Waals surface area contributed by atoms with E-state index in [9.17, 15) is 4.79 Å². The van der Waals surface area contributed by atoms with Gasteiger partial charge in [0.05, 0.1) is 26.4 Å². The summed E-state index contributed by atoms with van der Waals surface area (Å²) < 4.78 is 10.7. The molecule has 1 aromatic rings. The number of carbonyl (C=O) groups excluding carboxylic acids is 1. The Bertz CT molecular complexity index is 627. The van der Waals surface area contributed by atoms with Crippen LogP contribution in [0.15, 0.2) is 29.3 Å². The fourth-order valence-electron chi connectivity index (χ4n) is 3.10. The largest absolute Gasteiger partial charge is 0.382 e. The zero-order valence-electron chi connectivity index (χ0n) is 17.1. The minimum atomic E-state index is -0.0800. The average Bonchev–Trinajstić information content (AvgIpc) is 3.17. The van der Waals surface area contributed by atoms with E-state index in [1.165, 1.54) is 0 Å². The molecule has 2 N–H and O–H groups in total. The van der Waals surface area contributed by atoms with Crippen LogP contribution in [0.1, 0.15) is 29.3 Å². The van der Waals surface area contributed by atoms with Gasteiger partial charge in [0, 0.05) is 45.3 Å². The first-order valence-electron chi connectivity index (χ1n) is 9.58. The van der Waals surface area contributed by atoms with E-state index >= 15 is 0 Å². The molecule has 1 heterocycles. The minimum absolute atomic E-state index is 0. The Kier molecular flexibility index (Phi) is 12.1. The molecule has 1 atom stereocenters. The van der Waals surface area contributed by atoms with Gasteiger partial charge in [0.1, 0.15) is 0 Å². The molecule has 0 aliphatic carbocycles. The van der Waals surface area contributed by atoms with E-state index < -0.39 is 0 Å². The first kappa shape index (κ1) is 24.6. The number of benzene rings is 1. The molecule has 0 bridgehead atoms. The van der Waals surface area contributed by atoms with Gasteiger partial charge < -0.3 is 25.0 Å². The fraction of sp³-hybridized carbons (Fsp3) is 0.600. The summed E-state index contributed by atoms with van der Waals surface area (Å²) in [4.78, 5) is 18.9. The van der Waals surface area contributed by atoms with Crippen LogP contribution < -0.4 is 10.6 Å². The number of halogens is 1. The highest BCUT2D eigenvalue weighted by Crippen LogP contribution is 2.17. The predicted molar refractivity (Wildman–Crippen MR) is 122 cm³/mol. The monoisotopic (exact) mass is 504 g/mol. The van der Waals surface area contributed by atoms with Gasteiger partial charge in [0.15, 0.2) is 5.96 Å². The summed E-state index contributed by atoms with van der Waals surface area (Å²) >= 11 is 0. The van der Waals surface area contributed by atoms with Crippen molar-refractivity contribution < 1.29 is 14.3 Å². The maximum atomic E-state index is 11.8. The first-order chi connectivity index (χ1) is 13.2. The van der Waals surface area contributed by atoms with E-state index in [0.29, 0.717) is 31.2 Å². The summed E-state index contributed by atoms with van der Waals surface area (Å²) in [7, 11) is 3.32. The van der Waals surface area contributed by atoms with Gasteiger partial charge in [-0.05, 0) is 31.0 Å². The predicted octanol–water partition coefficient (Wildman–Crippen LogP) is 2.11. The van der Waals surface area contributed by atoms with Gasteiger partial charge in [-0.15, -0.1) is 24.0 Å². The number of amides is 1. The van der Waals surface area contributed by atoms with Crippen LogP contribution in [-0.4, -0.2) is 70.4 Å². The number of aliphatic imine (C=N–C) groups is 1. The lowest BCUT2D eigenvalue weighted by Crippen LogP contribution is -2.40. The molecule has 7 nitrogen and oxygen atoms in total. The number of hydrogen-bond donors (Lipinski definition) is 2. The standard InChI is InChI=1S/C20H32N4O3.HI/c1-4-22-20(24-9-8-17(14-24)15-27-11-10-26-3)23-13-16-6-5-7-18(12-16)19(25)21-2;/h5-7,12,17H,4,8-11,13-15H2,1-3H3,(H,21,25)(H,22,23);1H. The molecule has 0 saturated carbocycles. The smallest absolute Gasteiger partial charge is 0.251 e. The van der Waals surface area contributed by atoms with Crippen LogP contribution in [0.25, 0.3) is 0 Å². The van der Waals surface area contributed by atoms with Crippen LogP contribution in [0.2, 0.25) is 0 Å². The number of ether oxygens (including phenoxy) is 2. The van der Waals surface area contributed by atoms with Crippen molar-refractivity contribution in [2.45, 2.75) is 19.9 Å². The molecule has 1 aliphatic heterocycles. The van der Waals surface area contributed by atoms with Gasteiger partial charge in [0.2, 0.25) is 0 Å². The topological polar surface area (TPSA) is 75.2 Å². The Morgan fingerprint density at radius 3 is 2.89 bits per heavy atom. The average molecular weight is 504 g/mol. The van der Waals surface area contributed by atoms with Crippen LogP contribution in [0.4, 0.5) is 0 Å². The molecule has 1 saturated heterocycles. The minimum Gasteiger partial charge on any atom is -0.382 e. The normalized spacial score (nSPS) is 16.6. The number of carbonyl (C=O) groups is 1. The number of nitrogens with zero attached hydrogens (tertiary/aromatic N) is 2. The van der Waals surface area contributed by atoms with Crippen molar-refractivity contribution in [3.05, 3.63) is 35.4 Å². The van der Waals surface area contributed by atoms with Crippen molar-refractivity contribution >= 4 is 35.8 Å². The number of rotatable bonds is 9. The van der Waals surface area contributed by atoms with Crippen LogP contribution in [0.3, 0.4) is 0 Å². The Morgan fingerprint density at radius 2 is 2.18 bits per heavy atom. The van der Waals surface area contributed by atoms with Crippen molar-refractivity contribution in [2.24, 2.45) is 10.9 Å². The summed E-state index contributed by atoms with van der Waals surface area (Å²) in [6.45, 7) is 7.38. The van der Waals surface area contributed by atoms with E-state index in [4.69, 9.17) is 14.5 Å². The highest BCUT2D eigenvalue weighted by molar-refractivity contribution is 14.0. The molecule has 0 spiro atoms. The molecule has 1 aliphatic rings. The number of hydrogen-bond acceptors (Lipinski definition) is 4. The van der Waals surface area contributed by atoms with Gasteiger partial charge in [-0.25, -0.2) is 4.99 Å². The maximum Gasteiger partial charge on any atom is 0.251 e. The quantitative estimate of drug-likeness (QED) is 0.233. The molecule has 1 unspecified atom stereocenters. The molecule has 1 aromatic carbocycles. The van der Waals surface area contributed by atoms with E-state index in [0.717, 1.165) is 44.2 Å². The van der Waals surface area contributed by atoms with Crippen molar-refractivity contribution in [2.75, 3.05) is 53.6 Å². The number of nitrogens with one attached hydrogen (secondary N) is 2. The van der Waals surface area contributed by atoms with Gasteiger partial charge in [-0.1, -0.05) is 12.1 Å². The SMILES string of the molecule is CCNC(=NCc1cccc(C(=O)NC)c1)N1CCC(COCCOC)C1.I. The molecule has 0 aromatic heterocycles. The Balaban J connectivity index is 0.00000392. The van der Waals surface area contributed by atoms with Crippen molar-refractivity contribution in [3.8, 4) is 0 Å². The van der Waals surface area contributed by atoms with E-state index in [1.807, 2.05) is 24.3 Å². The zero-order valence-corrected chi connectivity index (χ0v) is 19.4. The Hall–Kier alpha value is -1.39. The third-order valence-corrected chi connectivity index (χ3v) is 4.53. The lowest BCUT2D eigenvalue weighted by molar-refractivity contribution is 0.0536. The highest BCUT2D eigenvalue weighted by Gasteiger charge is 2.24. The molecular weight excluding hydrogens is 471 g/mol. The summed E-state index contributed by atoms with van der Waals surface area (Å²) in [5.74, 6) is 1.35. The second-order valence-electron chi connectivity index (χ2n) is 6.62. The van der Waals surface area contributed by atoms with Crippen LogP contribution in [-0.2, 0) is 16.0 Å². The van der Waals surface area contributed by atoms with E-state index in [-0.39, 0.29) is 29.9 Å². The van der Waals surface area contributed by atoms with Gasteiger partial charge >= 0.3 is 0 Å². The lowest BCUT2D eigenvalue weighted by Gasteiger charge is -2.21. The molecule has 28 heavy (non-hydrogen) atoms. The highest BCUT2D eigenvalue weighted by atomic mass is 127. The molecule has 158 valence electrons. The van der Waals surface area contributed by atoms with Crippen LogP contribution in [0.5, 0.6) is 0 Å². The lowest BCUT2D eigenvalue weighted by atomic mass is 10.1. The van der Waals surface area contributed by atoms with Gasteiger partial charge in [-0.3, -0.25) is 4.79 Å². The maximum absolute atomic E-state index is 11.8. The molecule has 0 radical (unpaired) electrons. The van der Waals surface area contributed by atoms with Crippen LogP contribution in [0, 0.1) is 5.92 Å². The molecular formula is C20H33IN4O3. The third-order valence-electron chi connectivity index (χ3n) is 4.53.